The molecule has 118 valence electrons. The van der Waals surface area contributed by atoms with E-state index in [0.717, 1.165) is 18.4 Å². The highest BCUT2D eigenvalue weighted by atomic mass is 35.5. The number of hydrogen-bond donors (Lipinski definition) is 1. The minimum Gasteiger partial charge on any atom is -0.347 e. The summed E-state index contributed by atoms with van der Waals surface area (Å²) in [5.74, 6) is 0.423. The molecule has 6 heteroatoms. The summed E-state index contributed by atoms with van der Waals surface area (Å²) >= 11 is 0. The van der Waals surface area contributed by atoms with Crippen LogP contribution in [0.2, 0.25) is 0 Å². The van der Waals surface area contributed by atoms with Gasteiger partial charge in [0.2, 0.25) is 5.82 Å². The lowest BCUT2D eigenvalue weighted by molar-refractivity contribution is 0.0871. The lowest BCUT2D eigenvalue weighted by Crippen LogP contribution is -2.49. The van der Waals surface area contributed by atoms with Crippen molar-refractivity contribution in [1.82, 2.24) is 19.6 Å². The molecule has 2 aromatic rings. The summed E-state index contributed by atoms with van der Waals surface area (Å²) in [5, 5.41) is 3.19. The van der Waals surface area contributed by atoms with E-state index in [1.807, 2.05) is 28.8 Å². The van der Waals surface area contributed by atoms with E-state index in [2.05, 4.69) is 22.2 Å². The molecule has 4 rings (SSSR count). The molecule has 5 nitrogen and oxygen atoms in total. The fraction of sp³-hybridized carbons (Fsp3) is 0.500. The van der Waals surface area contributed by atoms with Crippen molar-refractivity contribution in [2.45, 2.75) is 43.8 Å². The van der Waals surface area contributed by atoms with E-state index in [-0.39, 0.29) is 24.4 Å². The van der Waals surface area contributed by atoms with E-state index in [4.69, 9.17) is 0 Å². The molecular weight excluding hydrogens is 300 g/mol. The molecule has 0 aromatic carbocycles. The van der Waals surface area contributed by atoms with E-state index in [1.54, 1.807) is 6.20 Å². The Kier molecular flexibility index (Phi) is 4.10. The van der Waals surface area contributed by atoms with Crippen LogP contribution in [0.25, 0.3) is 5.52 Å². The van der Waals surface area contributed by atoms with Crippen LogP contribution in [0.4, 0.5) is 0 Å². The van der Waals surface area contributed by atoms with Crippen LogP contribution >= 0.6 is 12.4 Å². The zero-order valence-corrected chi connectivity index (χ0v) is 13.4. The summed E-state index contributed by atoms with van der Waals surface area (Å²) < 4.78 is 1.85. The molecule has 2 atom stereocenters. The van der Waals surface area contributed by atoms with Gasteiger partial charge in [0.25, 0.3) is 5.91 Å². The molecule has 2 fully saturated rings. The van der Waals surface area contributed by atoms with E-state index in [9.17, 15) is 4.79 Å². The largest absolute Gasteiger partial charge is 0.347 e. The number of hydrogen-bond acceptors (Lipinski definition) is 3. The number of pyridine rings is 1. The van der Waals surface area contributed by atoms with Gasteiger partial charge in [-0.05, 0) is 44.9 Å². The zero-order valence-electron chi connectivity index (χ0n) is 12.6. The summed E-state index contributed by atoms with van der Waals surface area (Å²) in [5.41, 5.74) is 0.950. The van der Waals surface area contributed by atoms with Gasteiger partial charge < -0.3 is 10.2 Å². The molecule has 4 heterocycles. The van der Waals surface area contributed by atoms with Gasteiger partial charge in [0, 0.05) is 24.3 Å². The molecular formula is C16H21ClN4O. The predicted molar refractivity (Wildman–Crippen MR) is 87.5 cm³/mol. The Bertz CT molecular complexity index is 672. The molecule has 2 aliphatic rings. The molecule has 0 radical (unpaired) electrons. The van der Waals surface area contributed by atoms with Gasteiger partial charge in [0.15, 0.2) is 0 Å². The molecule has 1 N–H and O–H groups in total. The lowest BCUT2D eigenvalue weighted by Gasteiger charge is -2.36. The Morgan fingerprint density at radius 1 is 1.27 bits per heavy atom. The number of imidazole rings is 1. The number of halogens is 1. The number of nitrogens with one attached hydrogen (secondary N) is 1. The van der Waals surface area contributed by atoms with Crippen LogP contribution in [0, 0.1) is 0 Å². The first-order valence-corrected chi connectivity index (χ1v) is 7.67. The average molecular weight is 321 g/mol. The van der Waals surface area contributed by atoms with Crippen LogP contribution in [-0.4, -0.2) is 45.4 Å². The van der Waals surface area contributed by atoms with Crippen molar-refractivity contribution in [3.63, 3.8) is 0 Å². The molecule has 2 aliphatic heterocycles. The van der Waals surface area contributed by atoms with Gasteiger partial charge in [-0.25, -0.2) is 4.98 Å². The van der Waals surface area contributed by atoms with Crippen molar-refractivity contribution in [3.8, 4) is 0 Å². The fourth-order valence-electron chi connectivity index (χ4n) is 3.89. The van der Waals surface area contributed by atoms with Crippen LogP contribution in [0.3, 0.4) is 0 Å². The van der Waals surface area contributed by atoms with Crippen LogP contribution in [-0.2, 0) is 0 Å². The SMILES string of the molecule is CN1C2CCC1CC(NC(=O)c1ncc3ccccn13)C2.Cl. The number of carbonyl (C=O) groups is 1. The second-order valence-corrected chi connectivity index (χ2v) is 6.27. The summed E-state index contributed by atoms with van der Waals surface area (Å²) in [4.78, 5) is 19.2. The Hall–Kier alpha value is -1.59. The highest BCUT2D eigenvalue weighted by Gasteiger charge is 2.39. The zero-order chi connectivity index (χ0) is 14.4. The lowest BCUT2D eigenvalue weighted by atomic mass is 9.98. The molecule has 2 unspecified atom stereocenters. The number of rotatable bonds is 2. The minimum absolute atomic E-state index is 0. The number of carbonyl (C=O) groups excluding carboxylic acids is 1. The van der Waals surface area contributed by atoms with Crippen molar-refractivity contribution in [2.75, 3.05) is 7.05 Å². The van der Waals surface area contributed by atoms with E-state index in [0.29, 0.717) is 17.9 Å². The van der Waals surface area contributed by atoms with Gasteiger partial charge in [-0.2, -0.15) is 0 Å². The summed E-state index contributed by atoms with van der Waals surface area (Å²) in [6.45, 7) is 0. The third kappa shape index (κ3) is 2.48. The normalized spacial score (nSPS) is 27.6. The number of aromatic nitrogens is 2. The third-order valence-corrected chi connectivity index (χ3v) is 5.08. The number of nitrogens with zero attached hydrogens (tertiary/aromatic N) is 3. The smallest absolute Gasteiger partial charge is 0.287 e. The maximum Gasteiger partial charge on any atom is 0.287 e. The first-order chi connectivity index (χ1) is 10.2. The second kappa shape index (κ2) is 5.89. The second-order valence-electron chi connectivity index (χ2n) is 6.27. The van der Waals surface area contributed by atoms with Crippen molar-refractivity contribution in [3.05, 3.63) is 36.4 Å². The number of amides is 1. The molecule has 0 spiro atoms. The third-order valence-electron chi connectivity index (χ3n) is 5.08. The topological polar surface area (TPSA) is 49.6 Å². The Labute approximate surface area is 136 Å². The minimum atomic E-state index is -0.0600. The first-order valence-electron chi connectivity index (χ1n) is 7.67. The standard InChI is InChI=1S/C16H20N4O.ClH/c1-19-12-5-6-13(19)9-11(8-12)18-16(21)15-17-10-14-4-2-3-7-20(14)15;/h2-4,7,10-13H,5-6,8-9H2,1H3,(H,18,21);1H. The van der Waals surface area contributed by atoms with Gasteiger partial charge in [-0.1, -0.05) is 6.07 Å². The van der Waals surface area contributed by atoms with E-state index < -0.39 is 0 Å². The summed E-state index contributed by atoms with van der Waals surface area (Å²) in [6, 6.07) is 7.37. The average Bonchev–Trinajstić information content (AvgIpc) is 2.98. The van der Waals surface area contributed by atoms with Gasteiger partial charge in [0.1, 0.15) is 0 Å². The van der Waals surface area contributed by atoms with Gasteiger partial charge in [0.05, 0.1) is 11.7 Å². The van der Waals surface area contributed by atoms with Crippen LogP contribution in [0.1, 0.15) is 36.3 Å². The fourth-order valence-corrected chi connectivity index (χ4v) is 3.89. The Morgan fingerprint density at radius 3 is 2.73 bits per heavy atom. The van der Waals surface area contributed by atoms with Crippen LogP contribution < -0.4 is 5.32 Å². The Balaban J connectivity index is 0.00000144. The number of fused-ring (bicyclic) bond motifs is 3. The molecule has 0 aliphatic carbocycles. The Morgan fingerprint density at radius 2 is 2.00 bits per heavy atom. The van der Waals surface area contributed by atoms with E-state index >= 15 is 0 Å². The van der Waals surface area contributed by atoms with Crippen molar-refractivity contribution < 1.29 is 4.79 Å². The molecule has 22 heavy (non-hydrogen) atoms. The van der Waals surface area contributed by atoms with Crippen LogP contribution in [0.15, 0.2) is 30.6 Å². The van der Waals surface area contributed by atoms with Crippen molar-refractivity contribution in [2.24, 2.45) is 0 Å². The first kappa shape index (κ1) is 15.3. The van der Waals surface area contributed by atoms with E-state index in [1.165, 1.54) is 12.8 Å². The predicted octanol–water partition coefficient (Wildman–Crippen LogP) is 2.11. The maximum atomic E-state index is 12.5. The molecule has 1 amide bonds. The summed E-state index contributed by atoms with van der Waals surface area (Å²) in [7, 11) is 2.21. The van der Waals surface area contributed by atoms with Gasteiger partial charge in [-0.3, -0.25) is 9.20 Å². The molecule has 2 saturated heterocycles. The monoisotopic (exact) mass is 320 g/mol. The van der Waals surface area contributed by atoms with Crippen molar-refractivity contribution in [1.29, 1.82) is 0 Å². The highest BCUT2D eigenvalue weighted by Crippen LogP contribution is 2.34. The van der Waals surface area contributed by atoms with Gasteiger partial charge >= 0.3 is 0 Å². The number of piperidine rings is 1. The highest BCUT2D eigenvalue weighted by molar-refractivity contribution is 5.92. The van der Waals surface area contributed by atoms with Gasteiger partial charge in [-0.15, -0.1) is 12.4 Å². The molecule has 0 saturated carbocycles. The summed E-state index contributed by atoms with van der Waals surface area (Å²) in [6.07, 6.45) is 8.27. The maximum absolute atomic E-state index is 12.5. The quantitative estimate of drug-likeness (QED) is 0.922. The van der Waals surface area contributed by atoms with Crippen molar-refractivity contribution >= 4 is 23.8 Å². The molecule has 2 aromatic heterocycles. The molecule has 2 bridgehead atoms. The van der Waals surface area contributed by atoms with Crippen LogP contribution in [0.5, 0.6) is 0 Å².